The molecule has 0 amide bonds. The van der Waals surface area contributed by atoms with Crippen LogP contribution in [0, 0.1) is 12.7 Å². The van der Waals surface area contributed by atoms with Crippen molar-refractivity contribution in [3.63, 3.8) is 0 Å². The summed E-state index contributed by atoms with van der Waals surface area (Å²) < 4.78 is 14.4. The molecule has 0 aromatic carbocycles. The molecule has 2 aromatic rings. The monoisotopic (exact) mass is 215 g/mol. The van der Waals surface area contributed by atoms with Crippen LogP contribution in [0.25, 0.3) is 11.4 Å². The molecule has 0 radical (unpaired) electrons. The van der Waals surface area contributed by atoms with Crippen molar-refractivity contribution in [3.05, 3.63) is 35.9 Å². The molecule has 0 atom stereocenters. The number of pyridine rings is 1. The van der Waals surface area contributed by atoms with Gasteiger partial charge >= 0.3 is 29.6 Å². The summed E-state index contributed by atoms with van der Waals surface area (Å²) in [7, 11) is 1.86. The summed E-state index contributed by atoms with van der Waals surface area (Å²) >= 11 is 0. The molecule has 3 nitrogen and oxygen atoms in total. The van der Waals surface area contributed by atoms with Gasteiger partial charge in [-0.2, -0.15) is 5.10 Å². The average molecular weight is 215 g/mol. The van der Waals surface area contributed by atoms with Gasteiger partial charge in [0.25, 0.3) is 0 Å². The maximum Gasteiger partial charge on any atom is 1.00 e. The van der Waals surface area contributed by atoms with Gasteiger partial charge in [0.05, 0.1) is 11.9 Å². The molecular formula is C10H11FN3Na. The van der Waals surface area contributed by atoms with E-state index in [2.05, 4.69) is 10.1 Å². The minimum atomic E-state index is -0.332. The molecule has 0 saturated heterocycles. The van der Waals surface area contributed by atoms with Crippen LogP contribution in [0.15, 0.2) is 24.4 Å². The van der Waals surface area contributed by atoms with Gasteiger partial charge in [0.15, 0.2) is 0 Å². The Bertz CT molecular complexity index is 436. The van der Waals surface area contributed by atoms with Crippen molar-refractivity contribution in [1.82, 2.24) is 14.8 Å². The van der Waals surface area contributed by atoms with Gasteiger partial charge in [-0.15, -0.1) is 0 Å². The van der Waals surface area contributed by atoms with E-state index in [9.17, 15) is 4.39 Å². The molecule has 0 aliphatic rings. The van der Waals surface area contributed by atoms with E-state index in [1.54, 1.807) is 10.7 Å². The third-order valence-electron chi connectivity index (χ3n) is 2.10. The summed E-state index contributed by atoms with van der Waals surface area (Å²) in [5.41, 5.74) is 2.51. The van der Waals surface area contributed by atoms with Crippen LogP contribution in [0.5, 0.6) is 0 Å². The molecular weight excluding hydrogens is 204 g/mol. The quantitative estimate of drug-likeness (QED) is 0.574. The molecule has 5 heteroatoms. The first-order valence-corrected chi connectivity index (χ1v) is 4.29. The Kier molecular flexibility index (Phi) is 4.02. The van der Waals surface area contributed by atoms with Gasteiger partial charge < -0.3 is 1.43 Å². The number of aromatic nitrogens is 3. The predicted molar refractivity (Wildman–Crippen MR) is 52.2 cm³/mol. The van der Waals surface area contributed by atoms with Crippen molar-refractivity contribution in [3.8, 4) is 11.4 Å². The standard InChI is InChI=1S/C10H10FN3.Na.H/c1-7-5-10(13-14(7)2)9-4-3-8(11)6-12-9;;/h3-6H,1-2H3;;/q;+1;-1. The van der Waals surface area contributed by atoms with Crippen LogP contribution in [0.1, 0.15) is 7.12 Å². The molecule has 0 unspecified atom stereocenters. The first-order valence-electron chi connectivity index (χ1n) is 4.29. The van der Waals surface area contributed by atoms with Gasteiger partial charge in [-0.3, -0.25) is 9.67 Å². The minimum Gasteiger partial charge on any atom is -1.00 e. The first-order chi connectivity index (χ1) is 6.66. The van der Waals surface area contributed by atoms with Crippen LogP contribution >= 0.6 is 0 Å². The second-order valence-corrected chi connectivity index (χ2v) is 3.16. The third kappa shape index (κ3) is 2.65. The van der Waals surface area contributed by atoms with E-state index < -0.39 is 0 Å². The van der Waals surface area contributed by atoms with E-state index in [0.29, 0.717) is 5.69 Å². The van der Waals surface area contributed by atoms with E-state index in [1.165, 1.54) is 12.3 Å². The SMILES string of the molecule is Cc1cc(-c2ccc(F)cn2)nn1C.[H-].[Na+]. The molecule has 0 spiro atoms. The zero-order valence-corrected chi connectivity index (χ0v) is 11.0. The first kappa shape index (κ1) is 12.4. The maximum absolute atomic E-state index is 12.6. The van der Waals surface area contributed by atoms with Gasteiger partial charge in [-0.25, -0.2) is 4.39 Å². The Morgan fingerprint density at radius 2 is 2.07 bits per heavy atom. The predicted octanol–water partition coefficient (Wildman–Crippen LogP) is -0.954. The molecule has 0 saturated carbocycles. The van der Waals surface area contributed by atoms with Crippen LogP contribution < -0.4 is 29.6 Å². The summed E-state index contributed by atoms with van der Waals surface area (Å²) in [5, 5.41) is 4.24. The number of hydrogen-bond donors (Lipinski definition) is 0. The molecule has 74 valence electrons. The zero-order chi connectivity index (χ0) is 10.1. The Labute approximate surface area is 111 Å². The van der Waals surface area contributed by atoms with Crippen LogP contribution in [0.3, 0.4) is 0 Å². The molecule has 2 heterocycles. The number of rotatable bonds is 1. The smallest absolute Gasteiger partial charge is 1.00 e. The molecule has 0 aliphatic heterocycles. The zero-order valence-electron chi connectivity index (χ0n) is 10.0. The minimum absolute atomic E-state index is 0. The van der Waals surface area contributed by atoms with Crippen LogP contribution in [0.2, 0.25) is 0 Å². The average Bonchev–Trinajstić information content (AvgIpc) is 2.48. The van der Waals surface area contributed by atoms with Crippen molar-refractivity contribution < 1.29 is 35.4 Å². The second kappa shape index (κ2) is 4.88. The van der Waals surface area contributed by atoms with E-state index in [0.717, 1.165) is 11.4 Å². The fraction of sp³-hybridized carbons (Fsp3) is 0.200. The molecule has 0 fully saturated rings. The maximum atomic E-state index is 12.6. The Hall–Kier alpha value is -0.710. The van der Waals surface area contributed by atoms with Gasteiger partial charge in [0, 0.05) is 12.7 Å². The van der Waals surface area contributed by atoms with E-state index >= 15 is 0 Å². The second-order valence-electron chi connectivity index (χ2n) is 3.16. The van der Waals surface area contributed by atoms with Crippen molar-refractivity contribution in [2.75, 3.05) is 0 Å². The molecule has 2 rings (SSSR count). The topological polar surface area (TPSA) is 30.7 Å². The summed E-state index contributed by atoms with van der Waals surface area (Å²) in [5.74, 6) is -0.332. The van der Waals surface area contributed by atoms with Crippen molar-refractivity contribution in [2.45, 2.75) is 6.92 Å². The normalized spacial score (nSPS) is 9.80. The summed E-state index contributed by atoms with van der Waals surface area (Å²) in [6, 6.07) is 4.92. The number of aryl methyl sites for hydroxylation is 2. The fourth-order valence-electron chi connectivity index (χ4n) is 1.21. The van der Waals surface area contributed by atoms with Gasteiger partial charge in [-0.1, -0.05) is 0 Å². The summed E-state index contributed by atoms with van der Waals surface area (Å²) in [4.78, 5) is 3.95. The van der Waals surface area contributed by atoms with Gasteiger partial charge in [0.2, 0.25) is 0 Å². The van der Waals surface area contributed by atoms with E-state index in [1.807, 2.05) is 20.0 Å². The van der Waals surface area contributed by atoms with Crippen molar-refractivity contribution in [1.29, 1.82) is 0 Å². The number of hydrogen-bond acceptors (Lipinski definition) is 2. The molecule has 0 bridgehead atoms. The van der Waals surface area contributed by atoms with Gasteiger partial charge in [-0.05, 0) is 25.1 Å². The summed E-state index contributed by atoms with van der Waals surface area (Å²) in [6.07, 6.45) is 1.19. The van der Waals surface area contributed by atoms with Crippen molar-refractivity contribution in [2.24, 2.45) is 7.05 Å². The Balaban J connectivity index is 0.00000112. The third-order valence-corrected chi connectivity index (χ3v) is 2.10. The molecule has 0 N–H and O–H groups in total. The molecule has 15 heavy (non-hydrogen) atoms. The van der Waals surface area contributed by atoms with E-state index in [4.69, 9.17) is 0 Å². The van der Waals surface area contributed by atoms with E-state index in [-0.39, 0.29) is 36.8 Å². The largest absolute Gasteiger partial charge is 1.00 e. The van der Waals surface area contributed by atoms with Crippen molar-refractivity contribution >= 4 is 0 Å². The number of halogens is 1. The summed E-state index contributed by atoms with van der Waals surface area (Å²) in [6.45, 7) is 1.96. The van der Waals surface area contributed by atoms with Crippen LogP contribution in [0.4, 0.5) is 4.39 Å². The Morgan fingerprint density at radius 1 is 1.33 bits per heavy atom. The fourth-order valence-corrected chi connectivity index (χ4v) is 1.21. The number of nitrogens with zero attached hydrogens (tertiary/aromatic N) is 3. The molecule has 2 aromatic heterocycles. The van der Waals surface area contributed by atoms with Crippen LogP contribution in [-0.4, -0.2) is 14.8 Å². The Morgan fingerprint density at radius 3 is 2.53 bits per heavy atom. The molecule has 0 aliphatic carbocycles. The van der Waals surface area contributed by atoms with Gasteiger partial charge in [0.1, 0.15) is 11.5 Å². The van der Waals surface area contributed by atoms with Crippen LogP contribution in [-0.2, 0) is 7.05 Å².